The van der Waals surface area contributed by atoms with Crippen molar-refractivity contribution < 1.29 is 17.9 Å². The van der Waals surface area contributed by atoms with Gasteiger partial charge in [-0.1, -0.05) is 6.92 Å². The molecule has 20 heavy (non-hydrogen) atoms. The van der Waals surface area contributed by atoms with Crippen molar-refractivity contribution in [1.82, 2.24) is 4.31 Å². The number of hydrogen-bond acceptors (Lipinski definition) is 3. The summed E-state index contributed by atoms with van der Waals surface area (Å²) in [5, 5.41) is 9.08. The normalized spacial score (nSPS) is 24.2. The molecule has 0 radical (unpaired) electrons. The first-order valence-electron chi connectivity index (χ1n) is 6.84. The Morgan fingerprint density at radius 2 is 2.10 bits per heavy atom. The van der Waals surface area contributed by atoms with E-state index in [1.165, 1.54) is 16.4 Å². The van der Waals surface area contributed by atoms with E-state index in [4.69, 9.17) is 5.11 Å². The molecule has 1 fully saturated rings. The molecular weight excluding hydrogens is 281 g/mol. The van der Waals surface area contributed by atoms with Gasteiger partial charge >= 0.3 is 0 Å². The first-order valence-corrected chi connectivity index (χ1v) is 8.28. The molecule has 0 spiro atoms. The molecule has 0 bridgehead atoms. The molecule has 1 saturated heterocycles. The zero-order valence-electron chi connectivity index (χ0n) is 11.7. The fourth-order valence-electron chi connectivity index (χ4n) is 2.82. The smallest absolute Gasteiger partial charge is 0.243 e. The standard InChI is InChI=1S/C14H20FNO3S/c1-3-12-5-4-10(2)16(12)20(18,19)13-6-7-14(15)11(8-13)9-17/h6-8,10,12,17H,3-5,9H2,1-2H3. The lowest BCUT2D eigenvalue weighted by molar-refractivity contribution is 0.275. The highest BCUT2D eigenvalue weighted by Gasteiger charge is 2.39. The highest BCUT2D eigenvalue weighted by molar-refractivity contribution is 7.89. The van der Waals surface area contributed by atoms with E-state index in [1.54, 1.807) is 0 Å². The zero-order valence-corrected chi connectivity index (χ0v) is 12.5. The van der Waals surface area contributed by atoms with Crippen LogP contribution in [0, 0.1) is 5.82 Å². The van der Waals surface area contributed by atoms with Gasteiger partial charge in [0.15, 0.2) is 0 Å². The SMILES string of the molecule is CCC1CCC(C)N1S(=O)(=O)c1ccc(F)c(CO)c1. The van der Waals surface area contributed by atoms with Crippen LogP contribution in [-0.4, -0.2) is 29.9 Å². The number of halogens is 1. The summed E-state index contributed by atoms with van der Waals surface area (Å²) in [7, 11) is -3.64. The molecule has 1 aromatic rings. The van der Waals surface area contributed by atoms with Crippen molar-refractivity contribution in [1.29, 1.82) is 0 Å². The molecule has 0 aliphatic carbocycles. The topological polar surface area (TPSA) is 57.6 Å². The molecule has 2 rings (SSSR count). The maximum Gasteiger partial charge on any atom is 0.243 e. The molecule has 2 atom stereocenters. The minimum atomic E-state index is -3.64. The quantitative estimate of drug-likeness (QED) is 0.928. The first-order chi connectivity index (χ1) is 9.41. The van der Waals surface area contributed by atoms with E-state index in [2.05, 4.69) is 0 Å². The lowest BCUT2D eigenvalue weighted by atomic mass is 10.2. The van der Waals surface area contributed by atoms with Crippen molar-refractivity contribution in [2.24, 2.45) is 0 Å². The van der Waals surface area contributed by atoms with E-state index in [-0.39, 0.29) is 22.5 Å². The molecule has 1 heterocycles. The number of hydrogen-bond donors (Lipinski definition) is 1. The number of aliphatic hydroxyl groups excluding tert-OH is 1. The van der Waals surface area contributed by atoms with Crippen LogP contribution in [0.1, 0.15) is 38.7 Å². The van der Waals surface area contributed by atoms with Gasteiger partial charge in [0, 0.05) is 17.6 Å². The maximum absolute atomic E-state index is 13.4. The van der Waals surface area contributed by atoms with Crippen LogP contribution < -0.4 is 0 Å². The third-order valence-electron chi connectivity index (χ3n) is 3.95. The molecular formula is C14H20FNO3S. The molecule has 1 aromatic carbocycles. The van der Waals surface area contributed by atoms with Gasteiger partial charge in [-0.3, -0.25) is 0 Å². The second-order valence-corrected chi connectivity index (χ2v) is 7.08. The van der Waals surface area contributed by atoms with Crippen molar-refractivity contribution in [3.63, 3.8) is 0 Å². The summed E-state index contributed by atoms with van der Waals surface area (Å²) in [4.78, 5) is 0.0511. The van der Waals surface area contributed by atoms with Crippen LogP contribution in [0.5, 0.6) is 0 Å². The van der Waals surface area contributed by atoms with E-state index in [1.807, 2.05) is 13.8 Å². The third kappa shape index (κ3) is 2.60. The lowest BCUT2D eigenvalue weighted by Crippen LogP contribution is -2.39. The second kappa shape index (κ2) is 5.79. The summed E-state index contributed by atoms with van der Waals surface area (Å²) in [6.45, 7) is 3.35. The summed E-state index contributed by atoms with van der Waals surface area (Å²) < 4.78 is 40.3. The summed E-state index contributed by atoms with van der Waals surface area (Å²) >= 11 is 0. The Morgan fingerprint density at radius 3 is 2.70 bits per heavy atom. The number of sulfonamides is 1. The molecule has 2 unspecified atom stereocenters. The van der Waals surface area contributed by atoms with Crippen LogP contribution >= 0.6 is 0 Å². The van der Waals surface area contributed by atoms with E-state index >= 15 is 0 Å². The number of nitrogens with zero attached hydrogens (tertiary/aromatic N) is 1. The summed E-state index contributed by atoms with van der Waals surface area (Å²) in [6.07, 6.45) is 2.45. The molecule has 1 aliphatic rings. The van der Waals surface area contributed by atoms with Crippen LogP contribution in [0.15, 0.2) is 23.1 Å². The van der Waals surface area contributed by atoms with E-state index < -0.39 is 22.4 Å². The molecule has 0 saturated carbocycles. The molecule has 6 heteroatoms. The Bertz CT molecular complexity index is 588. The highest BCUT2D eigenvalue weighted by atomic mass is 32.2. The van der Waals surface area contributed by atoms with Gasteiger partial charge in [-0.2, -0.15) is 4.31 Å². The lowest BCUT2D eigenvalue weighted by Gasteiger charge is -2.27. The second-order valence-electron chi connectivity index (χ2n) is 5.23. The van der Waals surface area contributed by atoms with Gasteiger partial charge in [0.05, 0.1) is 11.5 Å². The van der Waals surface area contributed by atoms with Crippen molar-refractivity contribution in [2.75, 3.05) is 0 Å². The van der Waals surface area contributed by atoms with Gasteiger partial charge in [0.25, 0.3) is 0 Å². The molecule has 1 aliphatic heterocycles. The Morgan fingerprint density at radius 1 is 1.40 bits per heavy atom. The summed E-state index contributed by atoms with van der Waals surface area (Å²) in [5.41, 5.74) is 0.00553. The molecule has 0 amide bonds. The minimum absolute atomic E-state index is 0.00219. The summed E-state index contributed by atoms with van der Waals surface area (Å²) in [5.74, 6) is -0.590. The van der Waals surface area contributed by atoms with Gasteiger partial charge in [-0.15, -0.1) is 0 Å². The van der Waals surface area contributed by atoms with Crippen molar-refractivity contribution in [3.8, 4) is 0 Å². The van der Waals surface area contributed by atoms with Crippen LogP contribution in [0.25, 0.3) is 0 Å². The van der Waals surface area contributed by atoms with Crippen molar-refractivity contribution >= 4 is 10.0 Å². The number of aliphatic hydroxyl groups is 1. The van der Waals surface area contributed by atoms with Gasteiger partial charge < -0.3 is 5.11 Å². The molecule has 0 aromatic heterocycles. The van der Waals surface area contributed by atoms with Gasteiger partial charge in [-0.05, 0) is 44.4 Å². The Labute approximate surface area is 119 Å². The first kappa shape index (κ1) is 15.4. The zero-order chi connectivity index (χ0) is 14.9. The Kier molecular flexibility index (Phi) is 4.46. The minimum Gasteiger partial charge on any atom is -0.392 e. The largest absolute Gasteiger partial charge is 0.392 e. The molecule has 112 valence electrons. The average Bonchev–Trinajstić information content (AvgIpc) is 2.80. The third-order valence-corrected chi connectivity index (χ3v) is 6.01. The van der Waals surface area contributed by atoms with Crippen molar-refractivity contribution in [2.45, 2.75) is 56.7 Å². The molecule has 1 N–H and O–H groups in total. The Balaban J connectivity index is 2.44. The van der Waals surface area contributed by atoms with Gasteiger partial charge in [0.1, 0.15) is 5.82 Å². The van der Waals surface area contributed by atoms with Crippen LogP contribution in [0.3, 0.4) is 0 Å². The van der Waals surface area contributed by atoms with E-state index in [0.29, 0.717) is 0 Å². The monoisotopic (exact) mass is 301 g/mol. The average molecular weight is 301 g/mol. The van der Waals surface area contributed by atoms with Crippen LogP contribution in [0.2, 0.25) is 0 Å². The summed E-state index contributed by atoms with van der Waals surface area (Å²) in [6, 6.07) is 3.54. The van der Waals surface area contributed by atoms with E-state index in [0.717, 1.165) is 25.3 Å². The highest BCUT2D eigenvalue weighted by Crippen LogP contribution is 2.32. The molecule has 4 nitrogen and oxygen atoms in total. The van der Waals surface area contributed by atoms with Crippen molar-refractivity contribution in [3.05, 3.63) is 29.6 Å². The number of rotatable bonds is 4. The van der Waals surface area contributed by atoms with Gasteiger partial charge in [0.2, 0.25) is 10.0 Å². The maximum atomic E-state index is 13.4. The predicted octanol–water partition coefficient (Wildman–Crippen LogP) is 2.27. The van der Waals surface area contributed by atoms with Crippen LogP contribution in [0.4, 0.5) is 4.39 Å². The fourth-order valence-corrected chi connectivity index (χ4v) is 4.82. The Hall–Kier alpha value is -0.980. The number of benzene rings is 1. The van der Waals surface area contributed by atoms with E-state index in [9.17, 15) is 12.8 Å². The van der Waals surface area contributed by atoms with Crippen LogP contribution in [-0.2, 0) is 16.6 Å². The fraction of sp³-hybridized carbons (Fsp3) is 0.571. The predicted molar refractivity (Wildman–Crippen MR) is 74.1 cm³/mol. The van der Waals surface area contributed by atoms with Gasteiger partial charge in [-0.25, -0.2) is 12.8 Å².